The van der Waals surface area contributed by atoms with E-state index in [0.717, 1.165) is 6.42 Å². The summed E-state index contributed by atoms with van der Waals surface area (Å²) >= 11 is 0. The molecule has 1 unspecified atom stereocenters. The number of hydrogen-bond donors (Lipinski definition) is 1. The van der Waals surface area contributed by atoms with Gasteiger partial charge in [0.1, 0.15) is 17.6 Å². The van der Waals surface area contributed by atoms with Gasteiger partial charge >= 0.3 is 11.9 Å². The van der Waals surface area contributed by atoms with Crippen LogP contribution in [0, 0.1) is 10.1 Å². The maximum absolute atomic E-state index is 12.6. The molecule has 0 aliphatic carbocycles. The molecule has 110 valence electrons. The fraction of sp³-hybridized carbons (Fsp3) is 0.545. The number of anilines is 1. The molecule has 1 atom stereocenters. The van der Waals surface area contributed by atoms with E-state index in [0.29, 0.717) is 31.9 Å². The highest BCUT2D eigenvalue weighted by Crippen LogP contribution is 2.33. The van der Waals surface area contributed by atoms with Gasteiger partial charge in [0.15, 0.2) is 0 Å². The molecule has 9 heteroatoms. The molecule has 2 heterocycles. The van der Waals surface area contributed by atoms with Gasteiger partial charge in [0, 0.05) is 12.6 Å². The van der Waals surface area contributed by atoms with Crippen LogP contribution < -0.4 is 5.32 Å². The predicted molar refractivity (Wildman–Crippen MR) is 63.4 cm³/mol. The first-order valence-electron chi connectivity index (χ1n) is 5.94. The van der Waals surface area contributed by atoms with Crippen molar-refractivity contribution < 1.29 is 22.8 Å². The Morgan fingerprint density at radius 2 is 2.25 bits per heavy atom. The topological polar surface area (TPSA) is 77.3 Å². The number of ether oxygens (including phenoxy) is 1. The van der Waals surface area contributed by atoms with Gasteiger partial charge in [-0.05, 0) is 18.9 Å². The molecule has 1 aliphatic rings. The van der Waals surface area contributed by atoms with Crippen LogP contribution in [-0.4, -0.2) is 29.2 Å². The normalized spacial score (nSPS) is 19.6. The van der Waals surface area contributed by atoms with Crippen LogP contribution in [0.1, 0.15) is 18.5 Å². The number of nitrogens with zero attached hydrogens (tertiary/aromatic N) is 2. The monoisotopic (exact) mass is 291 g/mol. The lowest BCUT2D eigenvalue weighted by atomic mass is 10.1. The molecule has 0 aromatic carbocycles. The van der Waals surface area contributed by atoms with Gasteiger partial charge in [0.2, 0.25) is 0 Å². The van der Waals surface area contributed by atoms with E-state index < -0.39 is 22.5 Å². The zero-order valence-corrected chi connectivity index (χ0v) is 10.3. The lowest BCUT2D eigenvalue weighted by molar-refractivity contribution is -0.384. The van der Waals surface area contributed by atoms with E-state index in [1.807, 2.05) is 0 Å². The molecule has 1 fully saturated rings. The fourth-order valence-corrected chi connectivity index (χ4v) is 1.94. The summed E-state index contributed by atoms with van der Waals surface area (Å²) in [5.74, 6) is 0. The number of nitro groups is 1. The highest BCUT2D eigenvalue weighted by atomic mass is 19.4. The second-order valence-corrected chi connectivity index (χ2v) is 4.40. The summed E-state index contributed by atoms with van der Waals surface area (Å²) in [4.78, 5) is 13.2. The number of pyridine rings is 1. The van der Waals surface area contributed by atoms with Crippen molar-refractivity contribution in [2.45, 2.75) is 25.1 Å². The van der Waals surface area contributed by atoms with E-state index in [1.165, 1.54) is 0 Å². The average molecular weight is 291 g/mol. The van der Waals surface area contributed by atoms with Crippen molar-refractivity contribution >= 4 is 11.4 Å². The Balaban J connectivity index is 2.29. The molecule has 0 saturated carbocycles. The molecule has 2 rings (SSSR count). The number of alkyl halides is 3. The fourth-order valence-electron chi connectivity index (χ4n) is 1.94. The van der Waals surface area contributed by atoms with Crippen LogP contribution in [0.3, 0.4) is 0 Å². The van der Waals surface area contributed by atoms with Gasteiger partial charge in [0.25, 0.3) is 0 Å². The Morgan fingerprint density at radius 3 is 2.80 bits per heavy atom. The third kappa shape index (κ3) is 3.35. The SMILES string of the molecule is O=[N+]([O-])c1cnc(C(F)(F)F)cc1NC1CCCOC1. The minimum absolute atomic E-state index is 0.187. The smallest absolute Gasteiger partial charge is 0.379 e. The first-order valence-corrected chi connectivity index (χ1v) is 5.94. The maximum atomic E-state index is 12.6. The molecule has 0 spiro atoms. The summed E-state index contributed by atoms with van der Waals surface area (Å²) in [5.41, 5.74) is -1.83. The Hall–Kier alpha value is -1.90. The van der Waals surface area contributed by atoms with Gasteiger partial charge in [-0.2, -0.15) is 13.2 Å². The van der Waals surface area contributed by atoms with E-state index in [2.05, 4.69) is 10.3 Å². The standard InChI is InChI=1S/C11H12F3N3O3/c12-11(13,14)10-4-8(9(5-15-10)17(18)19)16-7-2-1-3-20-6-7/h4-5,7H,1-3,6H2,(H,15,16). The number of halogens is 3. The van der Waals surface area contributed by atoms with Crippen LogP contribution in [0.2, 0.25) is 0 Å². The lowest BCUT2D eigenvalue weighted by Crippen LogP contribution is -2.30. The minimum atomic E-state index is -4.64. The quantitative estimate of drug-likeness (QED) is 0.684. The second kappa shape index (κ2) is 5.61. The van der Waals surface area contributed by atoms with Crippen molar-refractivity contribution in [3.63, 3.8) is 0 Å². The number of hydrogen-bond acceptors (Lipinski definition) is 5. The summed E-state index contributed by atoms with van der Waals surface area (Å²) in [7, 11) is 0. The van der Waals surface area contributed by atoms with Crippen molar-refractivity contribution in [3.05, 3.63) is 28.1 Å². The van der Waals surface area contributed by atoms with Crippen molar-refractivity contribution in [1.82, 2.24) is 4.98 Å². The summed E-state index contributed by atoms with van der Waals surface area (Å²) < 4.78 is 43.0. The minimum Gasteiger partial charge on any atom is -0.379 e. The molecule has 1 N–H and O–H groups in total. The average Bonchev–Trinajstić information content (AvgIpc) is 2.38. The predicted octanol–water partition coefficient (Wildman–Crippen LogP) is 2.60. The molecule has 1 aromatic rings. The number of rotatable bonds is 3. The van der Waals surface area contributed by atoms with Gasteiger partial charge in [-0.25, -0.2) is 4.98 Å². The Bertz CT molecular complexity index is 501. The first kappa shape index (κ1) is 14.5. The molecule has 6 nitrogen and oxygen atoms in total. The summed E-state index contributed by atoms with van der Waals surface area (Å²) in [6.07, 6.45) is -2.59. The van der Waals surface area contributed by atoms with Crippen LogP contribution in [-0.2, 0) is 10.9 Å². The van der Waals surface area contributed by atoms with E-state index >= 15 is 0 Å². The molecule has 1 aliphatic heterocycles. The zero-order chi connectivity index (χ0) is 14.8. The van der Waals surface area contributed by atoms with Crippen molar-refractivity contribution in [1.29, 1.82) is 0 Å². The second-order valence-electron chi connectivity index (χ2n) is 4.40. The van der Waals surface area contributed by atoms with E-state index in [9.17, 15) is 23.3 Å². The lowest BCUT2D eigenvalue weighted by Gasteiger charge is -2.24. The Labute approximate surface area is 112 Å². The maximum Gasteiger partial charge on any atom is 0.433 e. The van der Waals surface area contributed by atoms with Gasteiger partial charge in [-0.15, -0.1) is 0 Å². The summed E-state index contributed by atoms with van der Waals surface area (Å²) in [6.45, 7) is 0.894. The van der Waals surface area contributed by atoms with Crippen molar-refractivity contribution in [2.75, 3.05) is 18.5 Å². The molecule has 1 saturated heterocycles. The molecule has 0 bridgehead atoms. The van der Waals surface area contributed by atoms with E-state index in [4.69, 9.17) is 4.74 Å². The summed E-state index contributed by atoms with van der Waals surface area (Å²) in [6, 6.07) is 0.415. The molecular weight excluding hydrogens is 279 g/mol. The van der Waals surface area contributed by atoms with Crippen LogP contribution in [0.5, 0.6) is 0 Å². The highest BCUT2D eigenvalue weighted by molar-refractivity contribution is 5.61. The van der Waals surface area contributed by atoms with Crippen LogP contribution in [0.15, 0.2) is 12.3 Å². The van der Waals surface area contributed by atoms with Crippen LogP contribution in [0.25, 0.3) is 0 Å². The number of nitrogens with one attached hydrogen (secondary N) is 1. The van der Waals surface area contributed by atoms with E-state index in [1.54, 1.807) is 0 Å². The summed E-state index contributed by atoms with van der Waals surface area (Å²) in [5, 5.41) is 13.6. The van der Waals surface area contributed by atoms with Crippen LogP contribution in [0.4, 0.5) is 24.5 Å². The van der Waals surface area contributed by atoms with Crippen molar-refractivity contribution in [3.8, 4) is 0 Å². The third-order valence-corrected chi connectivity index (χ3v) is 2.89. The first-order chi connectivity index (χ1) is 9.38. The molecular formula is C11H12F3N3O3. The van der Waals surface area contributed by atoms with E-state index in [-0.39, 0.29) is 11.7 Å². The zero-order valence-electron chi connectivity index (χ0n) is 10.3. The molecule has 1 aromatic heterocycles. The molecule has 0 radical (unpaired) electrons. The van der Waals surface area contributed by atoms with Crippen LogP contribution >= 0.6 is 0 Å². The Morgan fingerprint density at radius 1 is 1.50 bits per heavy atom. The molecule has 0 amide bonds. The van der Waals surface area contributed by atoms with Gasteiger partial charge in [-0.3, -0.25) is 10.1 Å². The van der Waals surface area contributed by atoms with Gasteiger partial charge in [-0.1, -0.05) is 0 Å². The third-order valence-electron chi connectivity index (χ3n) is 2.89. The largest absolute Gasteiger partial charge is 0.433 e. The van der Waals surface area contributed by atoms with Gasteiger partial charge in [0.05, 0.1) is 11.5 Å². The van der Waals surface area contributed by atoms with Crippen molar-refractivity contribution in [2.24, 2.45) is 0 Å². The number of aromatic nitrogens is 1. The highest BCUT2D eigenvalue weighted by Gasteiger charge is 2.34. The Kier molecular flexibility index (Phi) is 4.07. The molecule has 20 heavy (non-hydrogen) atoms. The van der Waals surface area contributed by atoms with Gasteiger partial charge < -0.3 is 10.1 Å².